The Morgan fingerprint density at radius 1 is 0.789 bits per heavy atom. The molecule has 0 saturated carbocycles. The van der Waals surface area contributed by atoms with Crippen LogP contribution in [0.25, 0.3) is 0 Å². The molecule has 1 aliphatic heterocycles. The molecule has 1 fully saturated rings. The van der Waals surface area contributed by atoms with Crippen LogP contribution in [0.2, 0.25) is 0 Å². The Morgan fingerprint density at radius 3 is 2.05 bits per heavy atom. The Kier molecular flexibility index (Phi) is 7.04. The fourth-order valence-corrected chi connectivity index (χ4v) is 4.34. The highest BCUT2D eigenvalue weighted by molar-refractivity contribution is 6.03. The zero-order valence-electron chi connectivity index (χ0n) is 21.7. The molecule has 0 aliphatic carbocycles. The first-order chi connectivity index (χ1) is 18.3. The van der Waals surface area contributed by atoms with Gasteiger partial charge in [0.1, 0.15) is 5.82 Å². The number of nitrogens with one attached hydrogen (secondary N) is 3. The summed E-state index contributed by atoms with van der Waals surface area (Å²) in [6, 6.07) is 25.1. The minimum atomic E-state index is -0.401. The van der Waals surface area contributed by atoms with Crippen LogP contribution in [0.1, 0.15) is 23.2 Å². The molecule has 3 aromatic carbocycles. The maximum atomic E-state index is 12.9. The third-order valence-electron chi connectivity index (χ3n) is 6.43. The molecule has 1 aromatic heterocycles. The smallest absolute Gasteiger partial charge is 0.229 e. The number of anilines is 6. The van der Waals surface area contributed by atoms with E-state index in [0.717, 1.165) is 28.3 Å². The summed E-state index contributed by atoms with van der Waals surface area (Å²) in [6.07, 6.45) is 0.197. The standard InChI is InChI=1S/C30H30N6O2/c1-19-4-8-23(9-5-19)32-27-16-21(3)31-30(35-27)34-25-12-10-24(11-13-25)33-29(38)22-17-28(37)36(18-22)26-14-6-20(2)7-15-26/h4-16,22H,17-18H2,1-3H3,(H,33,38)(H2,31,32,34,35)/t22-/m0/s1. The van der Waals surface area contributed by atoms with Crippen LogP contribution < -0.4 is 20.9 Å². The van der Waals surface area contributed by atoms with Crippen LogP contribution in [0.5, 0.6) is 0 Å². The van der Waals surface area contributed by atoms with Gasteiger partial charge in [-0.05, 0) is 69.3 Å². The zero-order valence-corrected chi connectivity index (χ0v) is 21.7. The number of rotatable bonds is 7. The number of hydrogen-bond acceptors (Lipinski definition) is 6. The molecule has 0 spiro atoms. The van der Waals surface area contributed by atoms with Crippen molar-refractivity contribution >= 4 is 46.3 Å². The van der Waals surface area contributed by atoms with Gasteiger partial charge in [-0.25, -0.2) is 4.98 Å². The van der Waals surface area contributed by atoms with Gasteiger partial charge < -0.3 is 20.9 Å². The van der Waals surface area contributed by atoms with Gasteiger partial charge >= 0.3 is 0 Å². The second-order valence-corrected chi connectivity index (χ2v) is 9.64. The van der Waals surface area contributed by atoms with Crippen LogP contribution in [0.4, 0.5) is 34.5 Å². The van der Waals surface area contributed by atoms with Crippen molar-refractivity contribution in [3.05, 3.63) is 95.7 Å². The van der Waals surface area contributed by atoms with E-state index in [1.807, 2.05) is 99.6 Å². The maximum absolute atomic E-state index is 12.9. The summed E-state index contributed by atoms with van der Waals surface area (Å²) >= 11 is 0. The van der Waals surface area contributed by atoms with Crippen molar-refractivity contribution in [2.45, 2.75) is 27.2 Å². The van der Waals surface area contributed by atoms with Gasteiger partial charge in [0.15, 0.2) is 0 Å². The molecule has 1 atom stereocenters. The SMILES string of the molecule is Cc1ccc(Nc2cc(C)nc(Nc3ccc(NC(=O)[C@H]4CC(=O)N(c5ccc(C)cc5)C4)cc3)n2)cc1. The number of aromatic nitrogens is 2. The molecule has 0 unspecified atom stereocenters. The van der Waals surface area contributed by atoms with Crippen molar-refractivity contribution in [3.8, 4) is 0 Å². The van der Waals surface area contributed by atoms with Crippen LogP contribution in [0.3, 0.4) is 0 Å². The average molecular weight is 507 g/mol. The number of benzene rings is 3. The molecule has 8 heteroatoms. The molecule has 0 bridgehead atoms. The molecule has 5 rings (SSSR count). The number of hydrogen-bond donors (Lipinski definition) is 3. The van der Waals surface area contributed by atoms with E-state index in [0.29, 0.717) is 24.0 Å². The summed E-state index contributed by atoms with van der Waals surface area (Å²) in [5.74, 6) is 0.558. The van der Waals surface area contributed by atoms with Gasteiger partial charge in [-0.15, -0.1) is 0 Å². The minimum absolute atomic E-state index is 0.0389. The maximum Gasteiger partial charge on any atom is 0.229 e. The summed E-state index contributed by atoms with van der Waals surface area (Å²) in [5, 5.41) is 9.47. The fraction of sp³-hybridized carbons (Fsp3) is 0.200. The molecule has 38 heavy (non-hydrogen) atoms. The van der Waals surface area contributed by atoms with Crippen molar-refractivity contribution in [1.29, 1.82) is 0 Å². The van der Waals surface area contributed by atoms with Gasteiger partial charge in [-0.3, -0.25) is 9.59 Å². The molecule has 3 N–H and O–H groups in total. The van der Waals surface area contributed by atoms with Gasteiger partial charge in [-0.1, -0.05) is 35.4 Å². The Balaban J connectivity index is 1.20. The monoisotopic (exact) mass is 506 g/mol. The Labute approximate surface area is 222 Å². The van der Waals surface area contributed by atoms with E-state index >= 15 is 0 Å². The normalized spacial score (nSPS) is 14.9. The summed E-state index contributed by atoms with van der Waals surface area (Å²) in [7, 11) is 0. The van der Waals surface area contributed by atoms with E-state index in [9.17, 15) is 9.59 Å². The van der Waals surface area contributed by atoms with Gasteiger partial charge in [0.05, 0.1) is 5.92 Å². The van der Waals surface area contributed by atoms with Crippen molar-refractivity contribution in [2.75, 3.05) is 27.4 Å². The minimum Gasteiger partial charge on any atom is -0.340 e. The lowest BCUT2D eigenvalue weighted by atomic mass is 10.1. The summed E-state index contributed by atoms with van der Waals surface area (Å²) in [4.78, 5) is 36.1. The molecule has 2 heterocycles. The molecule has 0 radical (unpaired) electrons. The van der Waals surface area contributed by atoms with E-state index in [1.165, 1.54) is 5.56 Å². The van der Waals surface area contributed by atoms with Crippen molar-refractivity contribution < 1.29 is 9.59 Å². The number of carbonyl (C=O) groups is 2. The van der Waals surface area contributed by atoms with Crippen molar-refractivity contribution in [2.24, 2.45) is 5.92 Å². The van der Waals surface area contributed by atoms with Gasteiger partial charge in [0.2, 0.25) is 17.8 Å². The molecule has 1 saturated heterocycles. The Hall–Kier alpha value is -4.72. The lowest BCUT2D eigenvalue weighted by Crippen LogP contribution is -2.28. The third kappa shape index (κ3) is 5.98. The summed E-state index contributed by atoms with van der Waals surface area (Å²) < 4.78 is 0. The number of aryl methyl sites for hydroxylation is 3. The van der Waals surface area contributed by atoms with E-state index in [2.05, 4.69) is 25.9 Å². The quantitative estimate of drug-likeness (QED) is 0.289. The fourth-order valence-electron chi connectivity index (χ4n) is 4.34. The van der Waals surface area contributed by atoms with Gasteiger partial charge in [0.25, 0.3) is 0 Å². The van der Waals surface area contributed by atoms with Crippen LogP contribution in [-0.4, -0.2) is 28.3 Å². The highest BCUT2D eigenvalue weighted by Crippen LogP contribution is 2.27. The van der Waals surface area contributed by atoms with Crippen molar-refractivity contribution in [3.63, 3.8) is 0 Å². The second-order valence-electron chi connectivity index (χ2n) is 9.64. The molecule has 4 aromatic rings. The second kappa shape index (κ2) is 10.7. The number of carbonyl (C=O) groups excluding carboxylic acids is 2. The first-order valence-corrected chi connectivity index (χ1v) is 12.6. The Bertz CT molecular complexity index is 1450. The molecule has 8 nitrogen and oxygen atoms in total. The lowest BCUT2D eigenvalue weighted by molar-refractivity contribution is -0.122. The average Bonchev–Trinajstić information content (AvgIpc) is 3.28. The number of amides is 2. The predicted octanol–water partition coefficient (Wildman–Crippen LogP) is 5.88. The molecule has 2 amide bonds. The highest BCUT2D eigenvalue weighted by Gasteiger charge is 2.35. The summed E-state index contributed by atoms with van der Waals surface area (Å²) in [5.41, 5.74) is 6.36. The number of nitrogens with zero attached hydrogens (tertiary/aromatic N) is 3. The van der Waals surface area contributed by atoms with Gasteiger partial charge in [-0.2, -0.15) is 4.98 Å². The molecular weight excluding hydrogens is 476 g/mol. The van der Waals surface area contributed by atoms with Crippen LogP contribution >= 0.6 is 0 Å². The Morgan fingerprint density at radius 2 is 1.37 bits per heavy atom. The third-order valence-corrected chi connectivity index (χ3v) is 6.43. The topological polar surface area (TPSA) is 99.2 Å². The summed E-state index contributed by atoms with van der Waals surface area (Å²) in [6.45, 7) is 6.34. The van der Waals surface area contributed by atoms with Crippen molar-refractivity contribution in [1.82, 2.24) is 9.97 Å². The zero-order chi connectivity index (χ0) is 26.6. The largest absolute Gasteiger partial charge is 0.340 e. The molecule has 192 valence electrons. The highest BCUT2D eigenvalue weighted by atomic mass is 16.2. The van der Waals surface area contributed by atoms with E-state index in [4.69, 9.17) is 0 Å². The first-order valence-electron chi connectivity index (χ1n) is 12.6. The van der Waals surface area contributed by atoms with E-state index < -0.39 is 5.92 Å². The molecular formula is C30H30N6O2. The predicted molar refractivity (Wildman–Crippen MR) is 151 cm³/mol. The van der Waals surface area contributed by atoms with Crippen LogP contribution in [0, 0.1) is 26.7 Å². The molecule has 1 aliphatic rings. The van der Waals surface area contributed by atoms with Crippen LogP contribution in [0.15, 0.2) is 78.9 Å². The lowest BCUT2D eigenvalue weighted by Gasteiger charge is -2.17. The van der Waals surface area contributed by atoms with Crippen LogP contribution in [-0.2, 0) is 9.59 Å². The van der Waals surface area contributed by atoms with E-state index in [1.54, 1.807) is 4.90 Å². The van der Waals surface area contributed by atoms with Gasteiger partial charge in [0, 0.05) is 47.5 Å². The first kappa shape index (κ1) is 25.0. The van der Waals surface area contributed by atoms with E-state index in [-0.39, 0.29) is 18.2 Å².